The van der Waals surface area contributed by atoms with E-state index >= 15 is 0 Å². The van der Waals surface area contributed by atoms with Gasteiger partial charge in [-0.15, -0.1) is 0 Å². The second kappa shape index (κ2) is 5.04. The van der Waals surface area contributed by atoms with Gasteiger partial charge in [-0.2, -0.15) is 5.26 Å². The van der Waals surface area contributed by atoms with E-state index in [4.69, 9.17) is 5.73 Å². The molecule has 96 valence electrons. The number of urea groups is 1. The fourth-order valence-corrected chi connectivity index (χ4v) is 1.76. The van der Waals surface area contributed by atoms with Crippen molar-refractivity contribution >= 4 is 24.5 Å². The summed E-state index contributed by atoms with van der Waals surface area (Å²) < 4.78 is 0.970. The van der Waals surface area contributed by atoms with Crippen LogP contribution in [0.3, 0.4) is 0 Å². The van der Waals surface area contributed by atoms with Crippen molar-refractivity contribution in [1.82, 2.24) is 9.97 Å². The number of hydrogen-bond acceptors (Lipinski definition) is 4. The van der Waals surface area contributed by atoms with Crippen LogP contribution in [0.1, 0.15) is 11.3 Å². The Bertz CT molecular complexity index is 673. The highest BCUT2D eigenvalue weighted by Gasteiger charge is 2.13. The van der Waals surface area contributed by atoms with Gasteiger partial charge in [0, 0.05) is 17.5 Å². The van der Waals surface area contributed by atoms with Crippen molar-refractivity contribution < 1.29 is 4.79 Å². The van der Waals surface area contributed by atoms with Crippen molar-refractivity contribution in [3.05, 3.63) is 35.7 Å². The van der Waals surface area contributed by atoms with E-state index in [-0.39, 0.29) is 0 Å². The second-order valence-electron chi connectivity index (χ2n) is 3.91. The molecule has 0 unspecified atom stereocenters. The summed E-state index contributed by atoms with van der Waals surface area (Å²) >= 11 is 3.95. The van der Waals surface area contributed by atoms with Crippen molar-refractivity contribution in [3.8, 4) is 17.5 Å². The van der Waals surface area contributed by atoms with Crippen LogP contribution in [-0.4, -0.2) is 16.0 Å². The van der Waals surface area contributed by atoms with Crippen LogP contribution >= 0.6 is 12.8 Å². The smallest absolute Gasteiger partial charge is 0.329 e. The zero-order chi connectivity index (χ0) is 14.0. The van der Waals surface area contributed by atoms with Crippen LogP contribution in [0.25, 0.3) is 11.4 Å². The first-order chi connectivity index (χ1) is 9.02. The number of carbonyl (C=O) groups excluding carboxylic acids is 1. The van der Waals surface area contributed by atoms with Crippen LogP contribution in [-0.2, 0) is 0 Å². The third kappa shape index (κ3) is 2.53. The largest absolute Gasteiger partial charge is 0.350 e. The number of thiol groups is 1. The van der Waals surface area contributed by atoms with Gasteiger partial charge in [0.05, 0.1) is 17.3 Å². The van der Waals surface area contributed by atoms with Gasteiger partial charge in [0.2, 0.25) is 0 Å². The van der Waals surface area contributed by atoms with Crippen LogP contribution in [0.2, 0.25) is 0 Å². The fraction of sp³-hybridized carbons (Fsp3) is 0.0833. The molecule has 0 bridgehead atoms. The first kappa shape index (κ1) is 13.0. The lowest BCUT2D eigenvalue weighted by Gasteiger charge is -2.13. The summed E-state index contributed by atoms with van der Waals surface area (Å²) in [5, 5.41) is 9.18. The van der Waals surface area contributed by atoms with E-state index in [2.05, 4.69) is 28.9 Å². The van der Waals surface area contributed by atoms with E-state index in [1.165, 1.54) is 6.07 Å². The average molecular weight is 273 g/mol. The molecule has 0 radical (unpaired) electrons. The van der Waals surface area contributed by atoms with Gasteiger partial charge in [-0.25, -0.2) is 14.1 Å². The minimum atomic E-state index is -0.714. The van der Waals surface area contributed by atoms with Crippen LogP contribution in [0.15, 0.2) is 24.4 Å². The number of nitrogens with one attached hydrogen (secondary N) is 1. The van der Waals surface area contributed by atoms with Crippen molar-refractivity contribution in [1.29, 1.82) is 5.26 Å². The predicted molar refractivity (Wildman–Crippen MR) is 74.5 cm³/mol. The Kier molecular flexibility index (Phi) is 3.44. The molecule has 1 heterocycles. The lowest BCUT2D eigenvalue weighted by Crippen LogP contribution is -2.27. The monoisotopic (exact) mass is 273 g/mol. The topological polar surface area (TPSA) is 98.8 Å². The number of benzene rings is 1. The number of anilines is 1. The third-order valence-corrected chi connectivity index (χ3v) is 2.96. The number of aryl methyl sites for hydroxylation is 1. The van der Waals surface area contributed by atoms with Gasteiger partial charge in [0.15, 0.2) is 0 Å². The molecule has 1 aromatic heterocycles. The molecular weight excluding hydrogens is 262 g/mol. The molecule has 0 aliphatic rings. The Labute approximate surface area is 115 Å². The number of carbonyl (C=O) groups is 1. The number of primary amides is 1. The number of nitriles is 1. The molecule has 0 aliphatic carbocycles. The SMILES string of the molecule is Cc1cnc(-c2ccc(N(S)C(N)=O)cc2C#N)[nH]1. The van der Waals surface area contributed by atoms with Gasteiger partial charge in [0.1, 0.15) is 5.82 Å². The molecule has 0 spiro atoms. The summed E-state index contributed by atoms with van der Waals surface area (Å²) in [5.74, 6) is 0.602. The molecule has 2 aromatic rings. The van der Waals surface area contributed by atoms with E-state index in [0.29, 0.717) is 22.6 Å². The van der Waals surface area contributed by atoms with Crippen LogP contribution < -0.4 is 10.0 Å². The number of rotatable bonds is 2. The zero-order valence-electron chi connectivity index (χ0n) is 10.1. The molecule has 2 amide bonds. The average Bonchev–Trinajstić information content (AvgIpc) is 2.83. The number of hydrogen-bond donors (Lipinski definition) is 3. The van der Waals surface area contributed by atoms with Gasteiger partial charge in [0.25, 0.3) is 0 Å². The standard InChI is InChI=1S/C12H11N5OS/c1-7-6-15-11(16-7)10-3-2-9(4-8(10)5-13)17(19)12(14)18/h2-4,6,19H,1H3,(H2,14,18)(H,15,16). The number of H-pyrrole nitrogens is 1. The summed E-state index contributed by atoms with van der Waals surface area (Å²) in [6.45, 7) is 1.87. The molecule has 1 aromatic carbocycles. The lowest BCUT2D eigenvalue weighted by atomic mass is 10.1. The molecule has 0 saturated heterocycles. The van der Waals surface area contributed by atoms with Gasteiger partial charge in [-0.1, -0.05) is 12.8 Å². The number of imidazole rings is 1. The van der Waals surface area contributed by atoms with E-state index in [0.717, 1.165) is 10.00 Å². The minimum Gasteiger partial charge on any atom is -0.350 e. The van der Waals surface area contributed by atoms with Gasteiger partial charge in [-0.3, -0.25) is 0 Å². The lowest BCUT2D eigenvalue weighted by molar-refractivity contribution is 0.257. The van der Waals surface area contributed by atoms with Crippen LogP contribution in [0, 0.1) is 18.3 Å². The first-order valence-corrected chi connectivity index (χ1v) is 5.77. The summed E-state index contributed by atoms with van der Waals surface area (Å²) in [6, 6.07) is 6.22. The summed E-state index contributed by atoms with van der Waals surface area (Å²) in [5.41, 5.74) is 7.49. The van der Waals surface area contributed by atoms with Crippen LogP contribution in [0.4, 0.5) is 10.5 Å². The van der Waals surface area contributed by atoms with Crippen molar-refractivity contribution in [2.24, 2.45) is 5.73 Å². The predicted octanol–water partition coefficient (Wildman–Crippen LogP) is 1.99. The van der Waals surface area contributed by atoms with Crippen molar-refractivity contribution in [2.45, 2.75) is 6.92 Å². The maximum absolute atomic E-state index is 11.0. The Balaban J connectivity index is 2.49. The summed E-state index contributed by atoms with van der Waals surface area (Å²) in [7, 11) is 0. The zero-order valence-corrected chi connectivity index (χ0v) is 11.0. The number of amides is 2. The Morgan fingerprint density at radius 1 is 1.58 bits per heavy atom. The van der Waals surface area contributed by atoms with Gasteiger partial charge >= 0.3 is 6.03 Å². The van der Waals surface area contributed by atoms with E-state index < -0.39 is 6.03 Å². The Morgan fingerprint density at radius 2 is 2.32 bits per heavy atom. The maximum Gasteiger partial charge on any atom is 0.329 e. The van der Waals surface area contributed by atoms with Gasteiger partial charge in [-0.05, 0) is 25.1 Å². The summed E-state index contributed by atoms with van der Waals surface area (Å²) in [4.78, 5) is 18.3. The molecule has 2 rings (SSSR count). The van der Waals surface area contributed by atoms with Crippen LogP contribution in [0.5, 0.6) is 0 Å². The number of nitrogens with two attached hydrogens (primary N) is 1. The molecule has 0 fully saturated rings. The molecular formula is C12H11N5OS. The molecule has 0 atom stereocenters. The van der Waals surface area contributed by atoms with Crippen molar-refractivity contribution in [3.63, 3.8) is 0 Å². The molecule has 7 heteroatoms. The maximum atomic E-state index is 11.0. The normalized spacial score (nSPS) is 9.95. The van der Waals surface area contributed by atoms with E-state index in [1.54, 1.807) is 18.3 Å². The highest BCUT2D eigenvalue weighted by molar-refractivity contribution is 7.82. The fourth-order valence-electron chi connectivity index (χ4n) is 1.64. The van der Waals surface area contributed by atoms with Gasteiger partial charge < -0.3 is 10.7 Å². The Morgan fingerprint density at radius 3 is 2.84 bits per heavy atom. The molecule has 19 heavy (non-hydrogen) atoms. The number of nitrogens with zero attached hydrogens (tertiary/aromatic N) is 3. The second-order valence-corrected chi connectivity index (χ2v) is 4.31. The number of aromatic amines is 1. The Hall–Kier alpha value is -2.46. The minimum absolute atomic E-state index is 0.382. The molecule has 0 aliphatic heterocycles. The van der Waals surface area contributed by atoms with E-state index in [1.807, 2.05) is 6.92 Å². The highest BCUT2D eigenvalue weighted by atomic mass is 32.1. The van der Waals surface area contributed by atoms with Crippen molar-refractivity contribution in [2.75, 3.05) is 4.31 Å². The third-order valence-electron chi connectivity index (χ3n) is 2.53. The molecule has 0 saturated carbocycles. The highest BCUT2D eigenvalue weighted by Crippen LogP contribution is 2.26. The quantitative estimate of drug-likeness (QED) is 0.729. The number of aromatic nitrogens is 2. The molecule has 6 nitrogen and oxygen atoms in total. The van der Waals surface area contributed by atoms with E-state index in [9.17, 15) is 10.1 Å². The summed E-state index contributed by atoms with van der Waals surface area (Å²) in [6.07, 6.45) is 1.68. The molecule has 3 N–H and O–H groups in total. The first-order valence-electron chi connectivity index (χ1n) is 5.37.